The number of likely N-dealkylation sites (tertiary alicyclic amines) is 1. The summed E-state index contributed by atoms with van der Waals surface area (Å²) in [6.45, 7) is 6.07. The Kier molecular flexibility index (Phi) is 5.29. The number of hydrogen-bond donors (Lipinski definition) is 1. The van der Waals surface area contributed by atoms with E-state index in [-0.39, 0.29) is 24.0 Å². The van der Waals surface area contributed by atoms with Crippen LogP contribution in [0.4, 0.5) is 0 Å². The quantitative estimate of drug-likeness (QED) is 0.453. The van der Waals surface area contributed by atoms with Crippen LogP contribution in [0.5, 0.6) is 0 Å². The number of fused-ring (bicyclic) bond motifs is 5. The van der Waals surface area contributed by atoms with Gasteiger partial charge in [0, 0.05) is 31.5 Å². The summed E-state index contributed by atoms with van der Waals surface area (Å²) in [6.07, 6.45) is 3.57. The summed E-state index contributed by atoms with van der Waals surface area (Å²) < 4.78 is 6.06. The minimum atomic E-state index is 0. The molecule has 122 valence electrons. The van der Waals surface area contributed by atoms with Crippen LogP contribution in [0.3, 0.4) is 0 Å². The molecule has 4 nitrogen and oxygen atoms in total. The molecule has 0 aromatic carbocycles. The van der Waals surface area contributed by atoms with E-state index in [1.54, 1.807) is 11.3 Å². The summed E-state index contributed by atoms with van der Waals surface area (Å²) in [4.78, 5) is 7.29. The molecule has 0 saturated carbocycles. The largest absolute Gasteiger partial charge is 0.374 e. The molecule has 4 rings (SSSR count). The van der Waals surface area contributed by atoms with Crippen LogP contribution in [0.2, 0.25) is 0 Å². The van der Waals surface area contributed by atoms with Gasteiger partial charge in [0.2, 0.25) is 0 Å². The van der Waals surface area contributed by atoms with Crippen LogP contribution in [0.15, 0.2) is 21.8 Å². The molecule has 3 aliphatic heterocycles. The van der Waals surface area contributed by atoms with E-state index in [1.807, 2.05) is 0 Å². The molecule has 3 fully saturated rings. The first kappa shape index (κ1) is 16.5. The Bertz CT molecular complexity index is 503. The number of hydrogen-bond acceptors (Lipinski definition) is 3. The Balaban J connectivity index is 0.00000144. The van der Waals surface area contributed by atoms with Gasteiger partial charge in [0.25, 0.3) is 0 Å². The molecule has 4 heterocycles. The van der Waals surface area contributed by atoms with Gasteiger partial charge in [-0.1, -0.05) is 0 Å². The number of aliphatic imine (C=N–C) groups is 1. The molecule has 0 aliphatic carbocycles. The number of halogens is 1. The van der Waals surface area contributed by atoms with E-state index in [0.717, 1.165) is 44.0 Å². The predicted octanol–water partition coefficient (Wildman–Crippen LogP) is 2.94. The molecule has 0 radical (unpaired) electrons. The molecule has 3 saturated heterocycles. The zero-order chi connectivity index (χ0) is 14.2. The molecule has 1 aromatic rings. The van der Waals surface area contributed by atoms with Crippen molar-refractivity contribution in [3.63, 3.8) is 0 Å². The molecule has 1 N–H and O–H groups in total. The Morgan fingerprint density at radius 1 is 1.36 bits per heavy atom. The second-order valence-corrected chi connectivity index (χ2v) is 7.10. The molecule has 4 unspecified atom stereocenters. The van der Waals surface area contributed by atoms with E-state index in [1.165, 1.54) is 18.4 Å². The summed E-state index contributed by atoms with van der Waals surface area (Å²) in [5, 5.41) is 7.76. The summed E-state index contributed by atoms with van der Waals surface area (Å²) in [7, 11) is 0. The molecule has 0 spiro atoms. The smallest absolute Gasteiger partial charge is 0.194 e. The fourth-order valence-electron chi connectivity index (χ4n) is 4.11. The lowest BCUT2D eigenvalue weighted by Gasteiger charge is -2.23. The first-order valence-electron chi connectivity index (χ1n) is 8.05. The highest BCUT2D eigenvalue weighted by molar-refractivity contribution is 14.0. The second-order valence-electron chi connectivity index (χ2n) is 6.32. The average Bonchev–Trinajstić information content (AvgIpc) is 3.25. The highest BCUT2D eigenvalue weighted by atomic mass is 127. The van der Waals surface area contributed by atoms with Gasteiger partial charge in [-0.05, 0) is 42.2 Å². The van der Waals surface area contributed by atoms with Gasteiger partial charge in [-0.2, -0.15) is 11.3 Å². The lowest BCUT2D eigenvalue weighted by atomic mass is 9.82. The van der Waals surface area contributed by atoms with Crippen molar-refractivity contribution < 1.29 is 4.74 Å². The van der Waals surface area contributed by atoms with Crippen molar-refractivity contribution in [2.24, 2.45) is 16.8 Å². The third-order valence-electron chi connectivity index (χ3n) is 5.08. The molecule has 3 aliphatic rings. The number of nitrogens with zero attached hydrogens (tertiary/aromatic N) is 2. The Labute approximate surface area is 153 Å². The van der Waals surface area contributed by atoms with Crippen molar-refractivity contribution in [1.82, 2.24) is 10.2 Å². The number of guanidine groups is 1. The van der Waals surface area contributed by atoms with Gasteiger partial charge in [-0.15, -0.1) is 24.0 Å². The van der Waals surface area contributed by atoms with Crippen LogP contribution in [0.1, 0.15) is 25.3 Å². The summed E-state index contributed by atoms with van der Waals surface area (Å²) >= 11 is 1.74. The van der Waals surface area contributed by atoms with Gasteiger partial charge in [0.05, 0.1) is 18.8 Å². The molecule has 0 amide bonds. The molecular formula is C16H24IN3OS. The Morgan fingerprint density at radius 2 is 2.09 bits per heavy atom. The first-order chi connectivity index (χ1) is 10.3. The third-order valence-corrected chi connectivity index (χ3v) is 5.81. The number of ether oxygens (including phenoxy) is 1. The maximum atomic E-state index is 6.06. The van der Waals surface area contributed by atoms with Crippen molar-refractivity contribution in [2.75, 3.05) is 19.6 Å². The van der Waals surface area contributed by atoms with Crippen LogP contribution in [-0.2, 0) is 11.3 Å². The number of rotatable bonds is 3. The number of thiophene rings is 1. The van der Waals surface area contributed by atoms with E-state index in [4.69, 9.17) is 9.73 Å². The van der Waals surface area contributed by atoms with Crippen molar-refractivity contribution >= 4 is 41.3 Å². The highest BCUT2D eigenvalue weighted by Crippen LogP contribution is 2.47. The van der Waals surface area contributed by atoms with E-state index in [2.05, 4.69) is 34.0 Å². The van der Waals surface area contributed by atoms with Crippen molar-refractivity contribution in [3.05, 3.63) is 22.4 Å². The van der Waals surface area contributed by atoms with Crippen LogP contribution < -0.4 is 5.32 Å². The topological polar surface area (TPSA) is 36.9 Å². The minimum Gasteiger partial charge on any atom is -0.374 e. The standard InChI is InChI=1S/C16H23N3OS.HI/c1-2-17-16(18-7-11-5-6-21-10-11)19-8-12-13(9-19)15-4-3-14(12)20-15;/h5-6,10,12-15H,2-4,7-9H2,1H3,(H,17,18);1H. The van der Waals surface area contributed by atoms with Crippen molar-refractivity contribution in [1.29, 1.82) is 0 Å². The summed E-state index contributed by atoms with van der Waals surface area (Å²) in [5.74, 6) is 2.54. The maximum Gasteiger partial charge on any atom is 0.194 e. The predicted molar refractivity (Wildman–Crippen MR) is 101 cm³/mol. The van der Waals surface area contributed by atoms with Gasteiger partial charge in [0.15, 0.2) is 5.96 Å². The monoisotopic (exact) mass is 433 g/mol. The molecular weight excluding hydrogens is 409 g/mol. The normalized spacial score (nSPS) is 33.0. The van der Waals surface area contributed by atoms with Gasteiger partial charge in [0.1, 0.15) is 0 Å². The molecule has 2 bridgehead atoms. The zero-order valence-corrected chi connectivity index (χ0v) is 16.1. The molecule has 1 aromatic heterocycles. The maximum absolute atomic E-state index is 6.06. The molecule has 6 heteroatoms. The van der Waals surface area contributed by atoms with Crippen LogP contribution in [0, 0.1) is 11.8 Å². The van der Waals surface area contributed by atoms with E-state index >= 15 is 0 Å². The van der Waals surface area contributed by atoms with E-state index in [0.29, 0.717) is 12.2 Å². The fourth-order valence-corrected chi connectivity index (χ4v) is 4.77. The van der Waals surface area contributed by atoms with E-state index in [9.17, 15) is 0 Å². The lowest BCUT2D eigenvalue weighted by Crippen LogP contribution is -2.41. The molecule has 4 atom stereocenters. The van der Waals surface area contributed by atoms with Gasteiger partial charge in [-0.25, -0.2) is 4.99 Å². The summed E-state index contributed by atoms with van der Waals surface area (Å²) in [6, 6.07) is 2.16. The third kappa shape index (κ3) is 3.01. The summed E-state index contributed by atoms with van der Waals surface area (Å²) in [5.41, 5.74) is 1.30. The van der Waals surface area contributed by atoms with Crippen LogP contribution in [-0.4, -0.2) is 42.7 Å². The number of nitrogens with one attached hydrogen (secondary N) is 1. The fraction of sp³-hybridized carbons (Fsp3) is 0.688. The molecule has 22 heavy (non-hydrogen) atoms. The van der Waals surface area contributed by atoms with E-state index < -0.39 is 0 Å². The zero-order valence-electron chi connectivity index (χ0n) is 12.9. The second kappa shape index (κ2) is 7.05. The Hall–Kier alpha value is -0.340. The lowest BCUT2D eigenvalue weighted by molar-refractivity contribution is 0.0767. The van der Waals surface area contributed by atoms with Crippen molar-refractivity contribution in [3.8, 4) is 0 Å². The first-order valence-corrected chi connectivity index (χ1v) is 8.99. The van der Waals surface area contributed by atoms with Crippen LogP contribution in [0.25, 0.3) is 0 Å². The van der Waals surface area contributed by atoms with Crippen LogP contribution >= 0.6 is 35.3 Å². The van der Waals surface area contributed by atoms with Crippen molar-refractivity contribution in [2.45, 2.75) is 38.5 Å². The highest BCUT2D eigenvalue weighted by Gasteiger charge is 2.53. The Morgan fingerprint density at radius 3 is 2.68 bits per heavy atom. The SMILES string of the molecule is CCNC(=NCc1ccsc1)N1CC2C3CCC(O3)C2C1.I. The van der Waals surface area contributed by atoms with Gasteiger partial charge in [-0.3, -0.25) is 0 Å². The van der Waals surface area contributed by atoms with Gasteiger partial charge < -0.3 is 15.0 Å². The minimum absolute atomic E-state index is 0. The average molecular weight is 433 g/mol. The van der Waals surface area contributed by atoms with Gasteiger partial charge >= 0.3 is 0 Å².